The van der Waals surface area contributed by atoms with E-state index in [9.17, 15) is 9.59 Å². The number of amides is 1. The molecule has 0 saturated carbocycles. The standard InChI is InChI=1S/C17H19Cl2N5O4/c1-8(2)10-6-14(22-24(3)16(10)25)27-15-11(18)4-9(5-12(15)19)20-7-13-21-17(26)28-23-13/h4-6,8,13,20,23H,7H2,1-3H3,(H,21,26). The van der Waals surface area contributed by atoms with Crippen LogP contribution in [0.1, 0.15) is 25.3 Å². The number of hydrogen-bond donors (Lipinski definition) is 3. The summed E-state index contributed by atoms with van der Waals surface area (Å²) in [6.07, 6.45) is -0.928. The summed E-state index contributed by atoms with van der Waals surface area (Å²) >= 11 is 12.6. The van der Waals surface area contributed by atoms with Crippen LogP contribution in [0.25, 0.3) is 0 Å². The van der Waals surface area contributed by atoms with E-state index < -0.39 is 6.09 Å². The molecule has 11 heteroatoms. The van der Waals surface area contributed by atoms with Crippen molar-refractivity contribution in [3.63, 3.8) is 0 Å². The number of hydrogen-bond acceptors (Lipinski definition) is 7. The number of halogens is 2. The Balaban J connectivity index is 1.78. The molecule has 0 spiro atoms. The smallest absolute Gasteiger partial charge is 0.427 e. The number of carbonyl (C=O) groups excluding carboxylic acids is 1. The Kier molecular flexibility index (Phi) is 5.97. The molecule has 28 heavy (non-hydrogen) atoms. The molecule has 1 aromatic carbocycles. The number of carbonyl (C=O) groups is 1. The molecule has 0 radical (unpaired) electrons. The van der Waals surface area contributed by atoms with Gasteiger partial charge < -0.3 is 14.9 Å². The predicted octanol–water partition coefficient (Wildman–Crippen LogP) is 2.99. The number of nitrogens with one attached hydrogen (secondary N) is 3. The van der Waals surface area contributed by atoms with E-state index in [2.05, 4.69) is 26.0 Å². The lowest BCUT2D eigenvalue weighted by Crippen LogP contribution is -2.38. The third kappa shape index (κ3) is 4.49. The Morgan fingerprint density at radius 3 is 2.54 bits per heavy atom. The average molecular weight is 428 g/mol. The van der Waals surface area contributed by atoms with Gasteiger partial charge in [0.25, 0.3) is 5.56 Å². The SMILES string of the molecule is CC(C)c1cc(Oc2c(Cl)cc(NCC3NOC(=O)N3)cc2Cl)nn(C)c1=O. The third-order valence-electron chi connectivity index (χ3n) is 3.99. The number of benzene rings is 1. The minimum absolute atomic E-state index is 0.00948. The predicted molar refractivity (Wildman–Crippen MR) is 105 cm³/mol. The Morgan fingerprint density at radius 2 is 1.96 bits per heavy atom. The van der Waals surface area contributed by atoms with E-state index in [0.717, 1.165) is 0 Å². The van der Waals surface area contributed by atoms with Crippen molar-refractivity contribution in [1.29, 1.82) is 0 Å². The van der Waals surface area contributed by atoms with E-state index >= 15 is 0 Å². The van der Waals surface area contributed by atoms with Gasteiger partial charge in [0.2, 0.25) is 5.88 Å². The molecule has 150 valence electrons. The van der Waals surface area contributed by atoms with Crippen LogP contribution in [0.15, 0.2) is 23.0 Å². The highest BCUT2D eigenvalue weighted by Crippen LogP contribution is 2.38. The third-order valence-corrected chi connectivity index (χ3v) is 4.55. The zero-order valence-corrected chi connectivity index (χ0v) is 16.9. The molecule has 1 unspecified atom stereocenters. The molecular formula is C17H19Cl2N5O4. The summed E-state index contributed by atoms with van der Waals surface area (Å²) in [5.74, 6) is 0.450. The van der Waals surface area contributed by atoms with Crippen molar-refractivity contribution in [2.45, 2.75) is 25.9 Å². The van der Waals surface area contributed by atoms with Gasteiger partial charge in [0, 0.05) is 24.4 Å². The molecule has 1 aliphatic rings. The van der Waals surface area contributed by atoms with Gasteiger partial charge in [-0.2, -0.15) is 0 Å². The first-order valence-corrected chi connectivity index (χ1v) is 9.22. The summed E-state index contributed by atoms with van der Waals surface area (Å²) < 4.78 is 6.98. The fourth-order valence-corrected chi connectivity index (χ4v) is 3.13. The van der Waals surface area contributed by atoms with Gasteiger partial charge in [-0.05, 0) is 18.1 Å². The van der Waals surface area contributed by atoms with Crippen LogP contribution in [-0.4, -0.2) is 28.6 Å². The zero-order chi connectivity index (χ0) is 20.4. The highest BCUT2D eigenvalue weighted by molar-refractivity contribution is 6.37. The van der Waals surface area contributed by atoms with E-state index in [1.54, 1.807) is 25.2 Å². The van der Waals surface area contributed by atoms with Crippen molar-refractivity contribution < 1.29 is 14.4 Å². The molecule has 1 amide bonds. The van der Waals surface area contributed by atoms with Gasteiger partial charge in [0.15, 0.2) is 5.75 Å². The van der Waals surface area contributed by atoms with Crippen LogP contribution in [-0.2, 0) is 11.9 Å². The zero-order valence-electron chi connectivity index (χ0n) is 15.4. The molecule has 1 aliphatic heterocycles. The Morgan fingerprint density at radius 1 is 1.29 bits per heavy atom. The number of aromatic nitrogens is 2. The van der Waals surface area contributed by atoms with E-state index in [4.69, 9.17) is 27.9 Å². The lowest BCUT2D eigenvalue weighted by atomic mass is 10.1. The van der Waals surface area contributed by atoms with Crippen LogP contribution < -0.4 is 26.4 Å². The van der Waals surface area contributed by atoms with Gasteiger partial charge in [-0.3, -0.25) is 10.1 Å². The maximum absolute atomic E-state index is 12.1. The Bertz CT molecular complexity index is 940. The van der Waals surface area contributed by atoms with Gasteiger partial charge >= 0.3 is 6.09 Å². The molecule has 0 bridgehead atoms. The average Bonchev–Trinajstić information content (AvgIpc) is 3.04. The van der Waals surface area contributed by atoms with E-state index in [0.29, 0.717) is 17.8 Å². The Labute approximate surface area is 170 Å². The number of anilines is 1. The molecule has 1 saturated heterocycles. The largest absolute Gasteiger partial charge is 0.434 e. The van der Waals surface area contributed by atoms with Crippen molar-refractivity contribution in [1.82, 2.24) is 20.6 Å². The molecule has 1 fully saturated rings. The lowest BCUT2D eigenvalue weighted by Gasteiger charge is -2.15. The van der Waals surface area contributed by atoms with Gasteiger partial charge in [-0.1, -0.05) is 37.0 Å². The van der Waals surface area contributed by atoms with Crippen LogP contribution in [0.4, 0.5) is 10.5 Å². The molecule has 2 heterocycles. The number of ether oxygens (including phenoxy) is 1. The molecular weight excluding hydrogens is 409 g/mol. The van der Waals surface area contributed by atoms with Crippen LogP contribution in [0.2, 0.25) is 10.0 Å². The molecule has 9 nitrogen and oxygen atoms in total. The minimum atomic E-state index is -0.544. The summed E-state index contributed by atoms with van der Waals surface area (Å²) in [4.78, 5) is 27.7. The first-order valence-electron chi connectivity index (χ1n) is 8.46. The normalized spacial score (nSPS) is 16.1. The van der Waals surface area contributed by atoms with Crippen molar-refractivity contribution in [3.05, 3.63) is 44.2 Å². The second-order valence-electron chi connectivity index (χ2n) is 6.48. The maximum Gasteiger partial charge on any atom is 0.427 e. The van der Waals surface area contributed by atoms with Gasteiger partial charge in [0.05, 0.1) is 16.6 Å². The second-order valence-corrected chi connectivity index (χ2v) is 7.29. The molecule has 3 rings (SSSR count). The van der Waals surface area contributed by atoms with E-state index in [1.165, 1.54) is 4.68 Å². The number of hydroxylamine groups is 1. The van der Waals surface area contributed by atoms with Crippen molar-refractivity contribution in [3.8, 4) is 11.6 Å². The first-order chi connectivity index (χ1) is 13.2. The topological polar surface area (TPSA) is 107 Å². The summed E-state index contributed by atoms with van der Waals surface area (Å²) in [7, 11) is 1.55. The number of rotatable bonds is 6. The molecule has 2 aromatic rings. The van der Waals surface area contributed by atoms with E-state index in [-0.39, 0.29) is 39.3 Å². The molecule has 3 N–H and O–H groups in total. The van der Waals surface area contributed by atoms with Crippen molar-refractivity contribution in [2.75, 3.05) is 11.9 Å². The van der Waals surface area contributed by atoms with Crippen LogP contribution >= 0.6 is 23.2 Å². The van der Waals surface area contributed by atoms with Gasteiger partial charge in [0.1, 0.15) is 6.17 Å². The summed E-state index contributed by atoms with van der Waals surface area (Å²) in [6, 6.07) is 4.84. The second kappa shape index (κ2) is 8.26. The maximum atomic E-state index is 12.1. The summed E-state index contributed by atoms with van der Waals surface area (Å²) in [6.45, 7) is 4.17. The van der Waals surface area contributed by atoms with Gasteiger partial charge in [-0.25, -0.2) is 9.48 Å². The van der Waals surface area contributed by atoms with Gasteiger partial charge in [-0.15, -0.1) is 10.6 Å². The monoisotopic (exact) mass is 427 g/mol. The van der Waals surface area contributed by atoms with Crippen molar-refractivity contribution in [2.24, 2.45) is 7.05 Å². The summed E-state index contributed by atoms with van der Waals surface area (Å²) in [5.41, 5.74) is 3.54. The van der Waals surface area contributed by atoms with Crippen LogP contribution in [0.3, 0.4) is 0 Å². The highest BCUT2D eigenvalue weighted by atomic mass is 35.5. The number of nitrogens with zero attached hydrogens (tertiary/aromatic N) is 2. The molecule has 1 aromatic heterocycles. The Hall–Kier alpha value is -2.49. The van der Waals surface area contributed by atoms with Crippen LogP contribution in [0, 0.1) is 0 Å². The molecule has 0 aliphatic carbocycles. The van der Waals surface area contributed by atoms with E-state index in [1.807, 2.05) is 13.8 Å². The minimum Gasteiger partial charge on any atom is -0.434 e. The van der Waals surface area contributed by atoms with Crippen LogP contribution in [0.5, 0.6) is 11.6 Å². The number of aryl methyl sites for hydroxylation is 1. The lowest BCUT2D eigenvalue weighted by molar-refractivity contribution is 0.123. The fraction of sp³-hybridized carbons (Fsp3) is 0.353. The quantitative estimate of drug-likeness (QED) is 0.650. The summed E-state index contributed by atoms with van der Waals surface area (Å²) in [5, 5.41) is 10.3. The fourth-order valence-electron chi connectivity index (χ4n) is 2.57. The highest BCUT2D eigenvalue weighted by Gasteiger charge is 2.21. The molecule has 1 atom stereocenters. The first kappa shape index (κ1) is 20.2. The van der Waals surface area contributed by atoms with Crippen molar-refractivity contribution >= 4 is 35.0 Å².